The summed E-state index contributed by atoms with van der Waals surface area (Å²) < 4.78 is 4.95. The van der Waals surface area contributed by atoms with Crippen molar-refractivity contribution >= 4 is 5.78 Å². The van der Waals surface area contributed by atoms with E-state index in [4.69, 9.17) is 9.84 Å². The van der Waals surface area contributed by atoms with Crippen LogP contribution in [0.2, 0.25) is 0 Å². The highest BCUT2D eigenvalue weighted by molar-refractivity contribution is 5.80. The van der Waals surface area contributed by atoms with Crippen molar-refractivity contribution in [2.45, 2.75) is 38.6 Å². The Morgan fingerprint density at radius 1 is 1.60 bits per heavy atom. The zero-order valence-corrected chi connectivity index (χ0v) is 6.04. The van der Waals surface area contributed by atoms with Gasteiger partial charge in [-0.3, -0.25) is 4.79 Å². The molecule has 0 aromatic heterocycles. The minimum atomic E-state index is -0.720. The highest BCUT2D eigenvalue weighted by atomic mass is 16.6. The van der Waals surface area contributed by atoms with Gasteiger partial charge in [0.15, 0.2) is 12.1 Å². The topological polar surface area (TPSA) is 46.5 Å². The predicted octanol–water partition coefficient (Wildman–Crippen LogP) is 0.463. The van der Waals surface area contributed by atoms with Crippen LogP contribution in [-0.4, -0.2) is 23.3 Å². The molecule has 0 unspecified atom stereocenters. The van der Waals surface area contributed by atoms with Crippen molar-refractivity contribution in [1.29, 1.82) is 0 Å². The van der Waals surface area contributed by atoms with E-state index in [0.717, 1.165) is 12.8 Å². The molecular formula is C7H12O3. The lowest BCUT2D eigenvalue weighted by atomic mass is 10.1. The number of hydrogen-bond acceptors (Lipinski definition) is 3. The first-order valence-electron chi connectivity index (χ1n) is 3.54. The molecule has 1 aliphatic heterocycles. The third kappa shape index (κ3) is 1.78. The maximum Gasteiger partial charge on any atom is 0.158 e. The van der Waals surface area contributed by atoms with Crippen molar-refractivity contribution in [3.05, 3.63) is 0 Å². The zero-order chi connectivity index (χ0) is 7.56. The van der Waals surface area contributed by atoms with Crippen LogP contribution in [0.5, 0.6) is 0 Å². The number of ether oxygens (including phenoxy) is 1. The maximum absolute atomic E-state index is 10.7. The molecule has 3 heteroatoms. The van der Waals surface area contributed by atoms with Gasteiger partial charge in [-0.2, -0.15) is 0 Å². The van der Waals surface area contributed by atoms with Gasteiger partial charge in [-0.1, -0.05) is 0 Å². The van der Waals surface area contributed by atoms with E-state index in [0.29, 0.717) is 6.42 Å². The second-order valence-electron chi connectivity index (χ2n) is 2.62. The van der Waals surface area contributed by atoms with Crippen LogP contribution in [0.3, 0.4) is 0 Å². The summed E-state index contributed by atoms with van der Waals surface area (Å²) in [5.74, 6) is 0.0127. The summed E-state index contributed by atoms with van der Waals surface area (Å²) in [6.45, 7) is 1.49. The van der Waals surface area contributed by atoms with E-state index in [1.54, 1.807) is 0 Å². The molecule has 58 valence electrons. The molecule has 2 atom stereocenters. The summed E-state index contributed by atoms with van der Waals surface area (Å²) in [6, 6.07) is 0. The van der Waals surface area contributed by atoms with Crippen molar-refractivity contribution in [1.82, 2.24) is 0 Å². The number of carbonyl (C=O) groups is 1. The normalized spacial score (nSPS) is 33.8. The van der Waals surface area contributed by atoms with Gasteiger partial charge in [0.2, 0.25) is 0 Å². The van der Waals surface area contributed by atoms with Gasteiger partial charge < -0.3 is 9.84 Å². The van der Waals surface area contributed by atoms with Crippen molar-refractivity contribution in [3.8, 4) is 0 Å². The third-order valence-corrected chi connectivity index (χ3v) is 1.69. The Morgan fingerprint density at radius 2 is 2.30 bits per heavy atom. The highest BCUT2D eigenvalue weighted by Crippen LogP contribution is 2.17. The van der Waals surface area contributed by atoms with Crippen molar-refractivity contribution in [2.75, 3.05) is 0 Å². The van der Waals surface area contributed by atoms with Crippen LogP contribution in [0.15, 0.2) is 0 Å². The lowest BCUT2D eigenvalue weighted by Crippen LogP contribution is -2.32. The molecule has 0 bridgehead atoms. The monoisotopic (exact) mass is 144 g/mol. The molecule has 0 aromatic rings. The first-order chi connectivity index (χ1) is 4.70. The van der Waals surface area contributed by atoms with Crippen molar-refractivity contribution < 1.29 is 14.6 Å². The van der Waals surface area contributed by atoms with E-state index >= 15 is 0 Å². The number of carbonyl (C=O) groups excluding carboxylic acids is 1. The third-order valence-electron chi connectivity index (χ3n) is 1.69. The molecule has 1 saturated heterocycles. The number of ketones is 1. The lowest BCUT2D eigenvalue weighted by Gasteiger charge is -2.24. The van der Waals surface area contributed by atoms with Gasteiger partial charge in [0.1, 0.15) is 6.10 Å². The standard InChI is InChI=1S/C7H12O3/c1-5(8)6-3-2-4-7(9)10-6/h6-7,9H,2-4H2,1H3/t6-,7+/m0/s1. The Balaban J connectivity index is 2.39. The van der Waals surface area contributed by atoms with Gasteiger partial charge in [0, 0.05) is 0 Å². The maximum atomic E-state index is 10.7. The Kier molecular flexibility index (Phi) is 2.40. The predicted molar refractivity (Wildman–Crippen MR) is 35.4 cm³/mol. The molecule has 0 saturated carbocycles. The largest absolute Gasteiger partial charge is 0.368 e. The summed E-state index contributed by atoms with van der Waals surface area (Å²) >= 11 is 0. The smallest absolute Gasteiger partial charge is 0.158 e. The second-order valence-corrected chi connectivity index (χ2v) is 2.62. The SMILES string of the molecule is CC(=O)[C@@H]1CCC[C@H](O)O1. The molecule has 0 aliphatic carbocycles. The molecular weight excluding hydrogens is 132 g/mol. The lowest BCUT2D eigenvalue weighted by molar-refractivity contribution is -0.173. The van der Waals surface area contributed by atoms with Gasteiger partial charge in [-0.25, -0.2) is 0 Å². The Labute approximate surface area is 60.0 Å². The van der Waals surface area contributed by atoms with E-state index in [9.17, 15) is 4.79 Å². The molecule has 0 amide bonds. The van der Waals surface area contributed by atoms with E-state index in [1.807, 2.05) is 0 Å². The average molecular weight is 144 g/mol. The van der Waals surface area contributed by atoms with Crippen LogP contribution in [0, 0.1) is 0 Å². The fourth-order valence-corrected chi connectivity index (χ4v) is 1.10. The van der Waals surface area contributed by atoms with Crippen LogP contribution in [0.25, 0.3) is 0 Å². The number of Topliss-reactive ketones (excluding diaryl/α,β-unsaturated/α-hetero) is 1. The first kappa shape index (κ1) is 7.69. The first-order valence-corrected chi connectivity index (χ1v) is 3.54. The Hall–Kier alpha value is -0.410. The second kappa shape index (κ2) is 3.12. The van der Waals surface area contributed by atoms with Crippen LogP contribution >= 0.6 is 0 Å². The molecule has 1 heterocycles. The van der Waals surface area contributed by atoms with Crippen LogP contribution in [0.4, 0.5) is 0 Å². The summed E-state index contributed by atoms with van der Waals surface area (Å²) in [5, 5.41) is 8.95. The fourth-order valence-electron chi connectivity index (χ4n) is 1.10. The van der Waals surface area contributed by atoms with Gasteiger partial charge in [0.25, 0.3) is 0 Å². The van der Waals surface area contributed by atoms with E-state index < -0.39 is 6.29 Å². The summed E-state index contributed by atoms with van der Waals surface area (Å²) in [7, 11) is 0. The fraction of sp³-hybridized carbons (Fsp3) is 0.857. The molecule has 1 fully saturated rings. The van der Waals surface area contributed by atoms with Crippen LogP contribution < -0.4 is 0 Å². The summed E-state index contributed by atoms with van der Waals surface area (Å²) in [6.07, 6.45) is 1.22. The Bertz CT molecular complexity index is 133. The van der Waals surface area contributed by atoms with Gasteiger partial charge in [-0.15, -0.1) is 0 Å². The van der Waals surface area contributed by atoms with Gasteiger partial charge in [-0.05, 0) is 26.2 Å². The minimum absolute atomic E-state index is 0.0127. The van der Waals surface area contributed by atoms with E-state index in [1.165, 1.54) is 6.92 Å². The molecule has 10 heavy (non-hydrogen) atoms. The molecule has 1 N–H and O–H groups in total. The van der Waals surface area contributed by atoms with Crippen LogP contribution in [0.1, 0.15) is 26.2 Å². The molecule has 0 spiro atoms. The quantitative estimate of drug-likeness (QED) is 0.581. The highest BCUT2D eigenvalue weighted by Gasteiger charge is 2.23. The molecule has 1 aliphatic rings. The van der Waals surface area contributed by atoms with Crippen molar-refractivity contribution in [3.63, 3.8) is 0 Å². The Morgan fingerprint density at radius 3 is 2.70 bits per heavy atom. The van der Waals surface area contributed by atoms with E-state index in [2.05, 4.69) is 0 Å². The minimum Gasteiger partial charge on any atom is -0.368 e. The number of aliphatic hydroxyl groups excluding tert-OH is 1. The summed E-state index contributed by atoms with van der Waals surface area (Å²) in [5.41, 5.74) is 0. The van der Waals surface area contributed by atoms with Crippen LogP contribution in [-0.2, 0) is 9.53 Å². The molecule has 0 radical (unpaired) electrons. The number of aliphatic hydroxyl groups is 1. The number of hydrogen-bond donors (Lipinski definition) is 1. The van der Waals surface area contributed by atoms with E-state index in [-0.39, 0.29) is 11.9 Å². The molecule has 1 rings (SSSR count). The van der Waals surface area contributed by atoms with Crippen molar-refractivity contribution in [2.24, 2.45) is 0 Å². The summed E-state index contributed by atoms with van der Waals surface area (Å²) in [4.78, 5) is 10.7. The molecule has 0 aromatic carbocycles. The van der Waals surface area contributed by atoms with Gasteiger partial charge >= 0.3 is 0 Å². The average Bonchev–Trinajstić information content (AvgIpc) is 1.88. The van der Waals surface area contributed by atoms with Gasteiger partial charge in [0.05, 0.1) is 0 Å². The zero-order valence-electron chi connectivity index (χ0n) is 6.04. The number of rotatable bonds is 1. The molecule has 3 nitrogen and oxygen atoms in total.